The van der Waals surface area contributed by atoms with Gasteiger partial charge in [0.25, 0.3) is 5.69 Å². The zero-order chi connectivity index (χ0) is 15.0. The van der Waals surface area contributed by atoms with Gasteiger partial charge in [0.15, 0.2) is 6.29 Å². The minimum Gasteiger partial charge on any atom is -0.459 e. The fourth-order valence-electron chi connectivity index (χ4n) is 2.27. The molecule has 0 spiro atoms. The molecule has 4 atom stereocenters. The van der Waals surface area contributed by atoms with E-state index in [0.29, 0.717) is 10.5 Å². The second kappa shape index (κ2) is 5.63. The first kappa shape index (κ1) is 14.3. The Kier molecular flexibility index (Phi) is 3.83. The lowest BCUT2D eigenvalue weighted by Crippen LogP contribution is -2.25. The maximum Gasteiger partial charge on any atom is 0.338 e. The molecule has 0 saturated carbocycles. The lowest BCUT2D eigenvalue weighted by atomic mass is 10.2. The van der Waals surface area contributed by atoms with E-state index in [2.05, 4.69) is 0 Å². The summed E-state index contributed by atoms with van der Waals surface area (Å²) in [5.74, 6) is -0.517. The van der Waals surface area contributed by atoms with Crippen molar-refractivity contribution in [3.05, 3.63) is 39.9 Å². The van der Waals surface area contributed by atoms with E-state index >= 15 is 0 Å². The van der Waals surface area contributed by atoms with E-state index in [-0.39, 0.29) is 30.3 Å². The Labute approximate surface area is 124 Å². The summed E-state index contributed by atoms with van der Waals surface area (Å²) in [5, 5.41) is 11.2. The molecule has 0 N–H and O–H groups in total. The number of methoxy groups -OCH3 is 1. The molecule has 21 heavy (non-hydrogen) atoms. The molecule has 1 aromatic carbocycles. The van der Waals surface area contributed by atoms with Crippen molar-refractivity contribution in [2.24, 2.45) is 0 Å². The van der Waals surface area contributed by atoms with E-state index in [1.54, 1.807) is 18.9 Å². The lowest BCUT2D eigenvalue weighted by Gasteiger charge is -2.16. The number of non-ortho nitro benzene ring substituents is 1. The number of carbonyl (C=O) groups is 1. The highest BCUT2D eigenvalue weighted by atomic mass is 32.2. The lowest BCUT2D eigenvalue weighted by molar-refractivity contribution is -0.384. The highest BCUT2D eigenvalue weighted by Crippen LogP contribution is 2.53. The Hall–Kier alpha value is -1.64. The summed E-state index contributed by atoms with van der Waals surface area (Å²) in [7, 11) is 1.59. The fourth-order valence-corrected chi connectivity index (χ4v) is 3.46. The van der Waals surface area contributed by atoms with Gasteiger partial charge >= 0.3 is 5.97 Å². The van der Waals surface area contributed by atoms with Crippen LogP contribution in [0.5, 0.6) is 0 Å². The molecule has 2 heterocycles. The number of hydrogen-bond donors (Lipinski definition) is 0. The van der Waals surface area contributed by atoms with Gasteiger partial charge in [-0.15, -0.1) is 11.8 Å². The van der Waals surface area contributed by atoms with Crippen molar-refractivity contribution < 1.29 is 23.9 Å². The van der Waals surface area contributed by atoms with E-state index in [1.807, 2.05) is 0 Å². The van der Waals surface area contributed by atoms with Crippen molar-refractivity contribution in [3.8, 4) is 0 Å². The number of ether oxygens (including phenoxy) is 3. The van der Waals surface area contributed by atoms with Crippen LogP contribution in [0.15, 0.2) is 24.3 Å². The molecule has 1 aromatic rings. The van der Waals surface area contributed by atoms with Gasteiger partial charge in [-0.2, -0.15) is 0 Å². The third-order valence-electron chi connectivity index (χ3n) is 3.43. The molecule has 0 radical (unpaired) electrons. The number of nitrogens with zero attached hydrogens (tertiary/aromatic N) is 1. The number of nitro benzene ring substituents is 1. The summed E-state index contributed by atoms with van der Waals surface area (Å²) in [6.45, 7) is 0.157. The van der Waals surface area contributed by atoms with Gasteiger partial charge in [-0.25, -0.2) is 4.79 Å². The number of benzene rings is 1. The van der Waals surface area contributed by atoms with Crippen molar-refractivity contribution in [3.63, 3.8) is 0 Å². The van der Waals surface area contributed by atoms with E-state index in [4.69, 9.17) is 14.2 Å². The summed E-state index contributed by atoms with van der Waals surface area (Å²) < 4.78 is 16.0. The average Bonchev–Trinajstić information content (AvgIpc) is 3.21. The van der Waals surface area contributed by atoms with Crippen LogP contribution in [0.4, 0.5) is 5.69 Å². The molecule has 7 nitrogen and oxygen atoms in total. The molecule has 0 amide bonds. The van der Waals surface area contributed by atoms with Crippen LogP contribution in [-0.2, 0) is 14.2 Å². The molecule has 0 unspecified atom stereocenters. The van der Waals surface area contributed by atoms with Gasteiger partial charge < -0.3 is 14.2 Å². The van der Waals surface area contributed by atoms with Crippen molar-refractivity contribution >= 4 is 23.4 Å². The summed E-state index contributed by atoms with van der Waals surface area (Å²) in [5.41, 5.74) is 0.215. The molecule has 0 aliphatic carbocycles. The van der Waals surface area contributed by atoms with Crippen LogP contribution in [0.1, 0.15) is 10.4 Å². The van der Waals surface area contributed by atoms with Gasteiger partial charge in [0.1, 0.15) is 12.7 Å². The number of fused-ring (bicyclic) bond motifs is 1. The smallest absolute Gasteiger partial charge is 0.338 e. The third kappa shape index (κ3) is 2.87. The Morgan fingerprint density at radius 1 is 1.38 bits per heavy atom. The fraction of sp³-hybridized carbons (Fsp3) is 0.462. The number of esters is 1. The first-order valence-electron chi connectivity index (χ1n) is 6.35. The van der Waals surface area contributed by atoms with Gasteiger partial charge in [0.05, 0.1) is 21.0 Å². The number of nitro groups is 1. The van der Waals surface area contributed by atoms with Crippen LogP contribution in [-0.4, -0.2) is 47.5 Å². The van der Waals surface area contributed by atoms with Crippen molar-refractivity contribution in [2.45, 2.75) is 22.9 Å². The van der Waals surface area contributed by atoms with E-state index in [1.165, 1.54) is 24.3 Å². The summed E-state index contributed by atoms with van der Waals surface area (Å²) >= 11 is 1.76. The molecule has 0 bridgehead atoms. The largest absolute Gasteiger partial charge is 0.459 e. The number of hydrogen-bond acceptors (Lipinski definition) is 7. The summed E-state index contributed by atoms with van der Waals surface area (Å²) in [6, 6.07) is 5.30. The summed E-state index contributed by atoms with van der Waals surface area (Å²) in [4.78, 5) is 21.9. The van der Waals surface area contributed by atoms with E-state index < -0.39 is 10.9 Å². The first-order chi connectivity index (χ1) is 10.1. The zero-order valence-corrected chi connectivity index (χ0v) is 11.9. The van der Waals surface area contributed by atoms with Gasteiger partial charge in [0, 0.05) is 19.2 Å². The predicted octanol–water partition coefficient (Wildman–Crippen LogP) is 1.61. The molecule has 3 rings (SSSR count). The predicted molar refractivity (Wildman–Crippen MR) is 74.2 cm³/mol. The molecule has 0 aromatic heterocycles. The van der Waals surface area contributed by atoms with Crippen LogP contribution in [0.2, 0.25) is 0 Å². The molecular formula is C13H13NO6S. The Balaban J connectivity index is 1.54. The van der Waals surface area contributed by atoms with Gasteiger partial charge in [0.2, 0.25) is 0 Å². The highest BCUT2D eigenvalue weighted by molar-refractivity contribution is 8.07. The highest BCUT2D eigenvalue weighted by Gasteiger charge is 2.57. The van der Waals surface area contributed by atoms with Gasteiger partial charge in [-0.3, -0.25) is 10.1 Å². The van der Waals surface area contributed by atoms with E-state index in [0.717, 1.165) is 0 Å². The number of rotatable bonds is 5. The Morgan fingerprint density at radius 2 is 2.10 bits per heavy atom. The zero-order valence-electron chi connectivity index (χ0n) is 11.1. The molecule has 2 fully saturated rings. The van der Waals surface area contributed by atoms with Crippen LogP contribution in [0.25, 0.3) is 0 Å². The quantitative estimate of drug-likeness (QED) is 0.353. The molecule has 2 saturated heterocycles. The molecular weight excluding hydrogens is 298 g/mol. The van der Waals surface area contributed by atoms with E-state index in [9.17, 15) is 14.9 Å². The third-order valence-corrected chi connectivity index (χ3v) is 4.86. The molecule has 8 heteroatoms. The standard InChI is InChI=1S/C13H13NO6S/c1-18-13-11-10(21-11)9(20-13)6-19-12(15)7-2-4-8(5-3-7)14(16)17/h2-5,9-11,13H,6H2,1H3/t9-,10-,11+,13-/m0/s1. The maximum atomic E-state index is 11.9. The van der Waals surface area contributed by atoms with Gasteiger partial charge in [-0.05, 0) is 12.1 Å². The number of carbonyl (C=O) groups excluding carboxylic acids is 1. The first-order valence-corrected chi connectivity index (χ1v) is 7.29. The topological polar surface area (TPSA) is 87.9 Å². The maximum absolute atomic E-state index is 11.9. The van der Waals surface area contributed by atoms with Crippen molar-refractivity contribution in [2.75, 3.05) is 13.7 Å². The second-order valence-corrected chi connectivity index (χ2v) is 6.11. The molecule has 2 aliphatic heterocycles. The SMILES string of the molecule is CO[C@H]1O[C@@H](COC(=O)c2ccc([N+](=O)[O-])cc2)[C@@H]2S[C@@H]12. The Bertz CT molecular complexity index is 562. The molecule has 2 aliphatic rings. The monoisotopic (exact) mass is 311 g/mol. The minimum absolute atomic E-state index is 0.0640. The van der Waals surface area contributed by atoms with Crippen molar-refractivity contribution in [1.82, 2.24) is 0 Å². The van der Waals surface area contributed by atoms with Crippen LogP contribution >= 0.6 is 11.8 Å². The Morgan fingerprint density at radius 3 is 2.67 bits per heavy atom. The van der Waals surface area contributed by atoms with Crippen molar-refractivity contribution in [1.29, 1.82) is 0 Å². The minimum atomic E-state index is -0.517. The average molecular weight is 311 g/mol. The summed E-state index contributed by atoms with van der Waals surface area (Å²) in [6.07, 6.45) is -0.393. The van der Waals surface area contributed by atoms with Crippen LogP contribution < -0.4 is 0 Å². The van der Waals surface area contributed by atoms with Crippen LogP contribution in [0.3, 0.4) is 0 Å². The van der Waals surface area contributed by atoms with Crippen LogP contribution in [0, 0.1) is 10.1 Å². The molecule has 112 valence electrons. The normalized spacial score (nSPS) is 29.8. The number of thioether (sulfide) groups is 1. The van der Waals surface area contributed by atoms with Gasteiger partial charge in [-0.1, -0.05) is 0 Å². The second-order valence-electron chi connectivity index (χ2n) is 4.75.